The summed E-state index contributed by atoms with van der Waals surface area (Å²) in [4.78, 5) is 0. The Morgan fingerprint density at radius 1 is 1.21 bits per heavy atom. The minimum Gasteiger partial charge on any atom is -0.492 e. The molecule has 3 nitrogen and oxygen atoms in total. The highest BCUT2D eigenvalue weighted by molar-refractivity contribution is 5.44. The average molecular weight is 195 g/mol. The van der Waals surface area contributed by atoms with E-state index in [9.17, 15) is 0 Å². The molecule has 0 radical (unpaired) electrons. The van der Waals surface area contributed by atoms with Gasteiger partial charge in [-0.2, -0.15) is 0 Å². The van der Waals surface area contributed by atoms with Crippen LogP contribution in [-0.2, 0) is 0 Å². The van der Waals surface area contributed by atoms with Crippen LogP contribution in [0.1, 0.15) is 16.7 Å². The first-order valence-corrected chi connectivity index (χ1v) is 4.73. The third-order valence-corrected chi connectivity index (χ3v) is 2.33. The summed E-state index contributed by atoms with van der Waals surface area (Å²) in [6.45, 7) is 7.04. The highest BCUT2D eigenvalue weighted by Gasteiger charge is 2.05. The van der Waals surface area contributed by atoms with Gasteiger partial charge in [-0.05, 0) is 37.5 Å². The Hall–Kier alpha value is -1.06. The minimum atomic E-state index is 0.437. The van der Waals surface area contributed by atoms with E-state index in [1.54, 1.807) is 0 Å². The van der Waals surface area contributed by atoms with Crippen molar-refractivity contribution in [2.75, 3.05) is 13.2 Å². The number of rotatable bonds is 4. The fourth-order valence-electron chi connectivity index (χ4n) is 1.35. The quantitative estimate of drug-likeness (QED) is 0.570. The van der Waals surface area contributed by atoms with E-state index in [0.29, 0.717) is 13.2 Å². The van der Waals surface area contributed by atoms with Crippen LogP contribution < -0.4 is 10.2 Å². The fourth-order valence-corrected chi connectivity index (χ4v) is 1.35. The predicted molar refractivity (Wildman–Crippen MR) is 55.9 cm³/mol. The van der Waals surface area contributed by atoms with Gasteiger partial charge < -0.3 is 9.94 Å². The molecule has 1 rings (SSSR count). The normalized spacial score (nSPS) is 10.3. The van der Waals surface area contributed by atoms with E-state index in [2.05, 4.69) is 18.5 Å². The Kier molecular flexibility index (Phi) is 3.92. The Balaban J connectivity index is 2.79. The number of benzene rings is 1. The van der Waals surface area contributed by atoms with Gasteiger partial charge >= 0.3 is 0 Å². The van der Waals surface area contributed by atoms with E-state index in [1.807, 2.05) is 19.9 Å². The van der Waals surface area contributed by atoms with Crippen LogP contribution in [-0.4, -0.2) is 18.4 Å². The molecule has 0 aliphatic heterocycles. The zero-order valence-electron chi connectivity index (χ0n) is 8.92. The maximum Gasteiger partial charge on any atom is 0.125 e. The third kappa shape index (κ3) is 2.47. The Labute approximate surface area is 84.7 Å². The summed E-state index contributed by atoms with van der Waals surface area (Å²) in [5.74, 6) is 0.931. The SMILES string of the molecule is Cc1ccc(C)c(OCCNO)c1C. The van der Waals surface area contributed by atoms with E-state index in [0.717, 1.165) is 11.3 Å². The lowest BCUT2D eigenvalue weighted by atomic mass is 10.1. The predicted octanol–water partition coefficient (Wildman–Crippen LogP) is 1.97. The molecule has 78 valence electrons. The largest absolute Gasteiger partial charge is 0.492 e. The molecule has 2 N–H and O–H groups in total. The molecule has 0 aliphatic carbocycles. The molecule has 0 saturated heterocycles. The van der Waals surface area contributed by atoms with E-state index >= 15 is 0 Å². The monoisotopic (exact) mass is 195 g/mol. The molecule has 1 aromatic rings. The van der Waals surface area contributed by atoms with Crippen LogP contribution in [0.2, 0.25) is 0 Å². The number of hydroxylamine groups is 1. The topological polar surface area (TPSA) is 41.5 Å². The Bertz CT molecular complexity index is 310. The third-order valence-electron chi connectivity index (χ3n) is 2.33. The van der Waals surface area contributed by atoms with Crippen molar-refractivity contribution in [2.24, 2.45) is 0 Å². The Morgan fingerprint density at radius 2 is 1.86 bits per heavy atom. The first-order valence-electron chi connectivity index (χ1n) is 4.73. The van der Waals surface area contributed by atoms with Gasteiger partial charge in [0.25, 0.3) is 0 Å². The van der Waals surface area contributed by atoms with Crippen LogP contribution in [0, 0.1) is 20.8 Å². The van der Waals surface area contributed by atoms with Crippen molar-refractivity contribution in [1.82, 2.24) is 5.48 Å². The fraction of sp³-hybridized carbons (Fsp3) is 0.455. The van der Waals surface area contributed by atoms with Crippen LogP contribution in [0.5, 0.6) is 5.75 Å². The number of nitrogens with one attached hydrogen (secondary N) is 1. The van der Waals surface area contributed by atoms with E-state index in [1.165, 1.54) is 11.1 Å². The Morgan fingerprint density at radius 3 is 2.50 bits per heavy atom. The maximum absolute atomic E-state index is 8.41. The van der Waals surface area contributed by atoms with Gasteiger partial charge in [0, 0.05) is 0 Å². The summed E-state index contributed by atoms with van der Waals surface area (Å²) < 4.78 is 5.57. The summed E-state index contributed by atoms with van der Waals surface area (Å²) in [5.41, 5.74) is 5.59. The summed E-state index contributed by atoms with van der Waals surface area (Å²) in [6, 6.07) is 4.13. The zero-order valence-corrected chi connectivity index (χ0v) is 8.92. The molecule has 0 aromatic heterocycles. The van der Waals surface area contributed by atoms with Crippen LogP contribution in [0.3, 0.4) is 0 Å². The minimum absolute atomic E-state index is 0.437. The summed E-state index contributed by atoms with van der Waals surface area (Å²) in [6.07, 6.45) is 0. The van der Waals surface area contributed by atoms with Gasteiger partial charge in [-0.15, -0.1) is 0 Å². The van der Waals surface area contributed by atoms with Gasteiger partial charge in [-0.3, -0.25) is 0 Å². The van der Waals surface area contributed by atoms with Crippen molar-refractivity contribution in [3.8, 4) is 5.75 Å². The van der Waals surface area contributed by atoms with Crippen molar-refractivity contribution in [3.05, 3.63) is 28.8 Å². The first-order chi connectivity index (χ1) is 6.66. The smallest absolute Gasteiger partial charge is 0.125 e. The molecule has 0 bridgehead atoms. The number of hydrogen-bond acceptors (Lipinski definition) is 3. The molecule has 0 amide bonds. The number of aryl methyl sites for hydroxylation is 2. The van der Waals surface area contributed by atoms with Gasteiger partial charge in [0.05, 0.1) is 6.54 Å². The van der Waals surface area contributed by atoms with Gasteiger partial charge in [-0.1, -0.05) is 12.1 Å². The van der Waals surface area contributed by atoms with Gasteiger partial charge in [0.15, 0.2) is 0 Å². The lowest BCUT2D eigenvalue weighted by molar-refractivity contribution is 0.145. The van der Waals surface area contributed by atoms with Crippen molar-refractivity contribution in [2.45, 2.75) is 20.8 Å². The van der Waals surface area contributed by atoms with Crippen LogP contribution >= 0.6 is 0 Å². The van der Waals surface area contributed by atoms with E-state index in [4.69, 9.17) is 9.94 Å². The molecule has 1 aromatic carbocycles. The van der Waals surface area contributed by atoms with Crippen LogP contribution in [0.25, 0.3) is 0 Å². The molecule has 0 unspecified atom stereocenters. The molecule has 14 heavy (non-hydrogen) atoms. The van der Waals surface area contributed by atoms with Crippen molar-refractivity contribution < 1.29 is 9.94 Å². The second-order valence-electron chi connectivity index (χ2n) is 3.41. The number of ether oxygens (including phenoxy) is 1. The summed E-state index contributed by atoms with van der Waals surface area (Å²) >= 11 is 0. The highest BCUT2D eigenvalue weighted by atomic mass is 16.5. The standard InChI is InChI=1S/C11H17NO2/c1-8-4-5-9(2)11(10(8)3)14-7-6-12-13/h4-5,12-13H,6-7H2,1-3H3. The van der Waals surface area contributed by atoms with Crippen molar-refractivity contribution >= 4 is 0 Å². The molecule has 0 saturated carbocycles. The highest BCUT2D eigenvalue weighted by Crippen LogP contribution is 2.25. The van der Waals surface area contributed by atoms with Crippen LogP contribution in [0.15, 0.2) is 12.1 Å². The zero-order chi connectivity index (χ0) is 10.6. The molecular formula is C11H17NO2. The van der Waals surface area contributed by atoms with Crippen LogP contribution in [0.4, 0.5) is 0 Å². The lowest BCUT2D eigenvalue weighted by Crippen LogP contribution is -2.17. The summed E-state index contributed by atoms with van der Waals surface area (Å²) in [5, 5.41) is 8.41. The molecule has 3 heteroatoms. The maximum atomic E-state index is 8.41. The second kappa shape index (κ2) is 4.98. The van der Waals surface area contributed by atoms with Crippen molar-refractivity contribution in [1.29, 1.82) is 0 Å². The number of hydrogen-bond donors (Lipinski definition) is 2. The van der Waals surface area contributed by atoms with Crippen molar-refractivity contribution in [3.63, 3.8) is 0 Å². The van der Waals surface area contributed by atoms with E-state index in [-0.39, 0.29) is 0 Å². The molecule has 0 atom stereocenters. The molecule has 0 fully saturated rings. The van der Waals surface area contributed by atoms with Gasteiger partial charge in [0.2, 0.25) is 0 Å². The first kappa shape index (κ1) is 11.0. The second-order valence-corrected chi connectivity index (χ2v) is 3.41. The summed E-state index contributed by atoms with van der Waals surface area (Å²) in [7, 11) is 0. The van der Waals surface area contributed by atoms with E-state index < -0.39 is 0 Å². The molecule has 0 heterocycles. The van der Waals surface area contributed by atoms with Gasteiger partial charge in [-0.25, -0.2) is 5.48 Å². The molecular weight excluding hydrogens is 178 g/mol. The molecule has 0 spiro atoms. The lowest BCUT2D eigenvalue weighted by Gasteiger charge is -2.13. The molecule has 0 aliphatic rings. The van der Waals surface area contributed by atoms with Gasteiger partial charge in [0.1, 0.15) is 12.4 Å². The average Bonchev–Trinajstić information content (AvgIpc) is 2.18.